The first-order chi connectivity index (χ1) is 9.69. The highest BCUT2D eigenvalue weighted by molar-refractivity contribution is 5.34. The van der Waals surface area contributed by atoms with Gasteiger partial charge in [0, 0.05) is 13.2 Å². The van der Waals surface area contributed by atoms with E-state index in [9.17, 15) is 4.39 Å². The molecular weight excluding hydrogens is 259 g/mol. The van der Waals surface area contributed by atoms with Crippen molar-refractivity contribution in [2.75, 3.05) is 13.7 Å². The van der Waals surface area contributed by atoms with Crippen LogP contribution in [0.3, 0.4) is 0 Å². The number of aromatic nitrogens is 3. The van der Waals surface area contributed by atoms with E-state index < -0.39 is 6.04 Å². The maximum Gasteiger partial charge on any atom is 0.161 e. The molecular formula is C14H19FN4O. The lowest BCUT2D eigenvalue weighted by Gasteiger charge is -2.20. The van der Waals surface area contributed by atoms with Crippen molar-refractivity contribution in [1.29, 1.82) is 0 Å². The zero-order chi connectivity index (χ0) is 14.5. The van der Waals surface area contributed by atoms with E-state index in [1.165, 1.54) is 6.07 Å². The van der Waals surface area contributed by atoms with Gasteiger partial charge in [-0.05, 0) is 25.1 Å². The molecule has 0 bridgehead atoms. The third-order valence-corrected chi connectivity index (χ3v) is 3.10. The van der Waals surface area contributed by atoms with Gasteiger partial charge in [0.25, 0.3) is 0 Å². The standard InChI is InChI=1S/C14H19FN4O/c1-4-7-16-13(12-10(15)6-5-8-17-12)14-11(20-3)9-18-19(14)2/h5-6,8-9,13,16H,4,7H2,1-3H3. The molecule has 2 aromatic heterocycles. The predicted octanol–water partition coefficient (Wildman–Crippen LogP) is 2.05. The largest absolute Gasteiger partial charge is 0.493 e. The highest BCUT2D eigenvalue weighted by Gasteiger charge is 2.25. The van der Waals surface area contributed by atoms with E-state index in [4.69, 9.17) is 4.74 Å². The Bertz CT molecular complexity index is 570. The van der Waals surface area contributed by atoms with Gasteiger partial charge in [-0.2, -0.15) is 5.10 Å². The Hall–Kier alpha value is -1.95. The van der Waals surface area contributed by atoms with E-state index in [2.05, 4.69) is 22.3 Å². The molecule has 2 aromatic rings. The van der Waals surface area contributed by atoms with Gasteiger partial charge < -0.3 is 10.1 Å². The molecule has 20 heavy (non-hydrogen) atoms. The molecule has 1 unspecified atom stereocenters. The molecule has 0 saturated heterocycles. The van der Waals surface area contributed by atoms with Gasteiger partial charge in [0.1, 0.15) is 11.5 Å². The SMILES string of the molecule is CCCNC(c1ncccc1F)c1c(OC)cnn1C. The highest BCUT2D eigenvalue weighted by atomic mass is 19.1. The van der Waals surface area contributed by atoms with Gasteiger partial charge in [0.2, 0.25) is 0 Å². The minimum absolute atomic E-state index is 0.343. The summed E-state index contributed by atoms with van der Waals surface area (Å²) in [5.74, 6) is 0.274. The number of nitrogens with one attached hydrogen (secondary N) is 1. The van der Waals surface area contributed by atoms with Crippen molar-refractivity contribution < 1.29 is 9.13 Å². The molecule has 5 nitrogen and oxygen atoms in total. The van der Waals surface area contributed by atoms with Crippen molar-refractivity contribution >= 4 is 0 Å². The average molecular weight is 278 g/mol. The van der Waals surface area contributed by atoms with Crippen molar-refractivity contribution in [3.05, 3.63) is 41.7 Å². The summed E-state index contributed by atoms with van der Waals surface area (Å²) in [4.78, 5) is 4.17. The van der Waals surface area contributed by atoms with E-state index in [-0.39, 0.29) is 5.82 Å². The smallest absolute Gasteiger partial charge is 0.161 e. The molecule has 0 spiro atoms. The zero-order valence-corrected chi connectivity index (χ0v) is 11.9. The van der Waals surface area contributed by atoms with Crippen LogP contribution in [0.2, 0.25) is 0 Å². The summed E-state index contributed by atoms with van der Waals surface area (Å²) in [6, 6.07) is 2.60. The van der Waals surface area contributed by atoms with Gasteiger partial charge in [-0.15, -0.1) is 0 Å². The topological polar surface area (TPSA) is 52.0 Å². The summed E-state index contributed by atoms with van der Waals surface area (Å²) in [6.45, 7) is 2.80. The molecule has 0 amide bonds. The predicted molar refractivity (Wildman–Crippen MR) is 74.1 cm³/mol. The molecule has 1 N–H and O–H groups in total. The zero-order valence-electron chi connectivity index (χ0n) is 11.9. The van der Waals surface area contributed by atoms with Crippen molar-refractivity contribution in [3.8, 4) is 5.75 Å². The minimum atomic E-state index is -0.390. The van der Waals surface area contributed by atoms with Gasteiger partial charge in [-0.1, -0.05) is 6.92 Å². The minimum Gasteiger partial charge on any atom is -0.493 e. The van der Waals surface area contributed by atoms with Crippen molar-refractivity contribution in [3.63, 3.8) is 0 Å². The van der Waals surface area contributed by atoms with Crippen LogP contribution in [0.15, 0.2) is 24.5 Å². The Morgan fingerprint density at radius 2 is 2.30 bits per heavy atom. The number of nitrogens with zero attached hydrogens (tertiary/aromatic N) is 3. The van der Waals surface area contributed by atoms with Crippen LogP contribution in [0.5, 0.6) is 5.75 Å². The second-order valence-corrected chi connectivity index (χ2v) is 4.48. The number of rotatable bonds is 6. The lowest BCUT2D eigenvalue weighted by Crippen LogP contribution is -2.27. The van der Waals surface area contributed by atoms with Gasteiger partial charge in [-0.25, -0.2) is 4.39 Å². The Morgan fingerprint density at radius 1 is 1.50 bits per heavy atom. The first-order valence-corrected chi connectivity index (χ1v) is 6.58. The maximum absolute atomic E-state index is 14.1. The molecule has 0 radical (unpaired) electrons. The number of hydrogen-bond donors (Lipinski definition) is 1. The summed E-state index contributed by atoms with van der Waals surface area (Å²) >= 11 is 0. The number of hydrogen-bond acceptors (Lipinski definition) is 4. The normalized spacial score (nSPS) is 12.4. The van der Waals surface area contributed by atoms with E-state index in [0.29, 0.717) is 11.4 Å². The molecule has 2 rings (SSSR count). The third-order valence-electron chi connectivity index (χ3n) is 3.10. The fraction of sp³-hybridized carbons (Fsp3) is 0.429. The number of pyridine rings is 1. The highest BCUT2D eigenvalue weighted by Crippen LogP contribution is 2.29. The first-order valence-electron chi connectivity index (χ1n) is 6.58. The Morgan fingerprint density at radius 3 is 2.95 bits per heavy atom. The quantitative estimate of drug-likeness (QED) is 0.878. The Kier molecular flexibility index (Phi) is 4.68. The number of halogens is 1. The van der Waals surface area contributed by atoms with E-state index >= 15 is 0 Å². The van der Waals surface area contributed by atoms with Crippen LogP contribution in [0.4, 0.5) is 4.39 Å². The lowest BCUT2D eigenvalue weighted by molar-refractivity contribution is 0.397. The monoisotopic (exact) mass is 278 g/mol. The molecule has 0 saturated carbocycles. The summed E-state index contributed by atoms with van der Waals surface area (Å²) in [6.07, 6.45) is 4.14. The summed E-state index contributed by atoms with van der Waals surface area (Å²) in [7, 11) is 3.38. The van der Waals surface area contributed by atoms with Crippen molar-refractivity contribution in [2.24, 2.45) is 7.05 Å². The molecule has 0 aliphatic heterocycles. The number of methoxy groups -OCH3 is 1. The fourth-order valence-corrected chi connectivity index (χ4v) is 2.14. The van der Waals surface area contributed by atoms with Crippen LogP contribution >= 0.6 is 0 Å². The van der Waals surface area contributed by atoms with Gasteiger partial charge in [-0.3, -0.25) is 9.67 Å². The van der Waals surface area contributed by atoms with Crippen molar-refractivity contribution in [1.82, 2.24) is 20.1 Å². The third kappa shape index (κ3) is 2.80. The molecule has 0 aliphatic carbocycles. The van der Waals surface area contributed by atoms with Crippen molar-refractivity contribution in [2.45, 2.75) is 19.4 Å². The van der Waals surface area contributed by atoms with Crippen LogP contribution in [-0.2, 0) is 7.05 Å². The van der Waals surface area contributed by atoms with Gasteiger partial charge in [0.05, 0.1) is 25.0 Å². The van der Waals surface area contributed by atoms with Crippen LogP contribution in [0.25, 0.3) is 0 Å². The van der Waals surface area contributed by atoms with Gasteiger partial charge in [0.15, 0.2) is 5.75 Å². The molecule has 0 aliphatic rings. The molecule has 108 valence electrons. The fourth-order valence-electron chi connectivity index (χ4n) is 2.14. The lowest BCUT2D eigenvalue weighted by atomic mass is 10.1. The summed E-state index contributed by atoms with van der Waals surface area (Å²) in [5.41, 5.74) is 1.11. The molecule has 1 atom stereocenters. The summed E-state index contributed by atoms with van der Waals surface area (Å²) in [5, 5.41) is 7.47. The number of aryl methyl sites for hydroxylation is 1. The second kappa shape index (κ2) is 6.47. The second-order valence-electron chi connectivity index (χ2n) is 4.48. The number of ether oxygens (including phenoxy) is 1. The average Bonchev–Trinajstić information content (AvgIpc) is 2.82. The van der Waals surface area contributed by atoms with Crippen LogP contribution < -0.4 is 10.1 Å². The van der Waals surface area contributed by atoms with Crippen LogP contribution in [0, 0.1) is 5.82 Å². The molecule has 2 heterocycles. The summed E-state index contributed by atoms with van der Waals surface area (Å²) < 4.78 is 21.0. The van der Waals surface area contributed by atoms with Gasteiger partial charge >= 0.3 is 0 Å². The first kappa shape index (κ1) is 14.5. The van der Waals surface area contributed by atoms with E-state index in [1.54, 1.807) is 37.3 Å². The van der Waals surface area contributed by atoms with Crippen LogP contribution in [0.1, 0.15) is 30.8 Å². The Balaban J connectivity index is 2.47. The van der Waals surface area contributed by atoms with Crippen LogP contribution in [-0.4, -0.2) is 28.4 Å². The maximum atomic E-state index is 14.1. The Labute approximate surface area is 117 Å². The molecule has 6 heteroatoms. The molecule has 0 fully saturated rings. The van der Waals surface area contributed by atoms with E-state index in [1.807, 2.05) is 0 Å². The molecule has 0 aromatic carbocycles. The van der Waals surface area contributed by atoms with E-state index in [0.717, 1.165) is 18.7 Å².